The minimum Gasteiger partial charge on any atom is -0.389 e. The van der Waals surface area contributed by atoms with Crippen molar-refractivity contribution in [3.63, 3.8) is 0 Å². The number of nitrogens with zero attached hydrogens (tertiary/aromatic N) is 1. The number of amides is 1. The van der Waals surface area contributed by atoms with Crippen molar-refractivity contribution in [2.45, 2.75) is 167 Å². The first-order valence-electron chi connectivity index (χ1n) is 22.1. The molecular weight excluding hydrogens is 735 g/mol. The van der Waals surface area contributed by atoms with Crippen molar-refractivity contribution in [1.29, 1.82) is 0 Å². The van der Waals surface area contributed by atoms with Crippen LogP contribution in [0.15, 0.2) is 85.1 Å². The molecule has 0 aliphatic rings. The molecule has 2 unspecified atom stereocenters. The molecule has 0 bridgehead atoms. The second-order valence-electron chi connectivity index (χ2n) is 15.9. The SMILES string of the molecule is CC/C=C\CC(O)/C=C/C=C/C/C=C\C/C=C\C/C=C\CCC(=O)N[C@@H](COP(=O)(O)OCC[N+](C)(C)C)[C@H](O)/C=C/CCCCCCCCCCCCCCC. The number of likely N-dealkylation sites (N-methyl/N-ethyl adjacent to an activating group) is 1. The van der Waals surface area contributed by atoms with Gasteiger partial charge in [0.1, 0.15) is 13.2 Å². The molecule has 0 spiro atoms. The lowest BCUT2D eigenvalue weighted by atomic mass is 10.0. The molecule has 0 aliphatic carbocycles. The smallest absolute Gasteiger partial charge is 0.389 e. The number of carbonyl (C=O) groups excluding carboxylic acids is 1. The number of carbonyl (C=O) groups is 1. The summed E-state index contributed by atoms with van der Waals surface area (Å²) < 4.78 is 23.5. The number of aliphatic hydroxyl groups is 2. The lowest BCUT2D eigenvalue weighted by molar-refractivity contribution is -0.870. The van der Waals surface area contributed by atoms with E-state index in [1.165, 1.54) is 70.6 Å². The second kappa shape index (κ2) is 37.9. The number of hydrogen-bond acceptors (Lipinski definition) is 6. The fourth-order valence-electron chi connectivity index (χ4n) is 5.68. The molecule has 0 aromatic carbocycles. The van der Waals surface area contributed by atoms with E-state index in [1.54, 1.807) is 12.2 Å². The van der Waals surface area contributed by atoms with Crippen LogP contribution in [0, 0.1) is 0 Å². The molecule has 4 atom stereocenters. The van der Waals surface area contributed by atoms with Gasteiger partial charge in [-0.25, -0.2) is 4.57 Å². The summed E-state index contributed by atoms with van der Waals surface area (Å²) in [5, 5.41) is 23.6. The summed E-state index contributed by atoms with van der Waals surface area (Å²) in [5.74, 6) is -0.276. The van der Waals surface area contributed by atoms with Crippen molar-refractivity contribution in [1.82, 2.24) is 5.32 Å². The van der Waals surface area contributed by atoms with Crippen LogP contribution in [0.3, 0.4) is 0 Å². The lowest BCUT2D eigenvalue weighted by Gasteiger charge is -2.25. The van der Waals surface area contributed by atoms with Gasteiger partial charge in [0.25, 0.3) is 0 Å². The molecule has 0 saturated heterocycles. The quantitative estimate of drug-likeness (QED) is 0.0161. The van der Waals surface area contributed by atoms with Gasteiger partial charge < -0.3 is 24.9 Å². The molecule has 57 heavy (non-hydrogen) atoms. The Bertz CT molecular complexity index is 1220. The maximum absolute atomic E-state index is 12.8. The standard InChI is InChI=1S/C47H83N2O7P/c1-6-8-10-11-12-13-14-15-16-19-22-25-28-31-35-39-46(51)45(43-56-57(53,54)55-42-41-49(3,4)5)48-47(52)40-36-32-29-26-23-20-17-18-21-24-27-30-34-38-44(50)37-33-9-7-2/h9,18,20-21,23,27,29-30,32-35,38-39,44-46,50-51H,6-8,10-17,19,22,24-26,28,31,36-37,40-43H2,1-5H3,(H-,48,52,53,54)/p+1/b21-18-,23-20-,30-27+,32-29-,33-9-,38-34+,39-35+/t44?,45-,46+/m0/s1. The molecular formula is C47H84N2O7P+. The summed E-state index contributed by atoms with van der Waals surface area (Å²) in [6.45, 7) is 4.52. The van der Waals surface area contributed by atoms with Crippen LogP contribution in [0.1, 0.15) is 149 Å². The highest BCUT2D eigenvalue weighted by atomic mass is 31.2. The Labute approximate surface area is 349 Å². The highest BCUT2D eigenvalue weighted by Gasteiger charge is 2.27. The number of nitrogens with one attached hydrogen (secondary N) is 1. The summed E-state index contributed by atoms with van der Waals surface area (Å²) >= 11 is 0. The fourth-order valence-corrected chi connectivity index (χ4v) is 6.41. The number of unbranched alkanes of at least 4 members (excludes halogenated alkanes) is 13. The number of hydrogen-bond donors (Lipinski definition) is 4. The van der Waals surface area contributed by atoms with Crippen molar-refractivity contribution in [2.24, 2.45) is 0 Å². The molecule has 0 saturated carbocycles. The van der Waals surface area contributed by atoms with Crippen LogP contribution in [0.5, 0.6) is 0 Å². The Balaban J connectivity index is 4.63. The lowest BCUT2D eigenvalue weighted by Crippen LogP contribution is -2.45. The topological polar surface area (TPSA) is 125 Å². The van der Waals surface area contributed by atoms with Crippen LogP contribution in [-0.2, 0) is 18.4 Å². The van der Waals surface area contributed by atoms with E-state index in [4.69, 9.17) is 9.05 Å². The zero-order chi connectivity index (χ0) is 42.3. The van der Waals surface area contributed by atoms with Crippen molar-refractivity contribution >= 4 is 13.7 Å². The number of aliphatic hydroxyl groups excluding tert-OH is 2. The van der Waals surface area contributed by atoms with E-state index in [1.807, 2.05) is 63.7 Å². The van der Waals surface area contributed by atoms with Crippen LogP contribution >= 0.6 is 7.82 Å². The molecule has 0 aliphatic heterocycles. The number of rotatable bonds is 38. The average Bonchev–Trinajstić information content (AvgIpc) is 3.15. The summed E-state index contributed by atoms with van der Waals surface area (Å²) in [6, 6.07) is -0.902. The monoisotopic (exact) mass is 820 g/mol. The maximum atomic E-state index is 12.8. The second-order valence-corrected chi connectivity index (χ2v) is 17.3. The van der Waals surface area contributed by atoms with E-state index in [-0.39, 0.29) is 25.5 Å². The predicted molar refractivity (Wildman–Crippen MR) is 241 cm³/mol. The number of quaternary nitrogens is 1. The van der Waals surface area contributed by atoms with Gasteiger partial charge in [-0.3, -0.25) is 13.8 Å². The van der Waals surface area contributed by atoms with E-state index in [9.17, 15) is 24.5 Å². The number of allylic oxidation sites excluding steroid dienone is 11. The molecule has 0 aromatic heterocycles. The Morgan fingerprint density at radius 1 is 0.667 bits per heavy atom. The minimum absolute atomic E-state index is 0.0364. The Morgan fingerprint density at radius 3 is 1.81 bits per heavy atom. The van der Waals surface area contributed by atoms with Gasteiger partial charge in [-0.1, -0.05) is 176 Å². The van der Waals surface area contributed by atoms with E-state index in [2.05, 4.69) is 49.5 Å². The third-order valence-corrected chi connectivity index (χ3v) is 10.2. The highest BCUT2D eigenvalue weighted by Crippen LogP contribution is 2.43. The van der Waals surface area contributed by atoms with Crippen molar-refractivity contribution in [3.05, 3.63) is 85.1 Å². The summed E-state index contributed by atoms with van der Waals surface area (Å²) in [6.07, 6.45) is 48.5. The summed E-state index contributed by atoms with van der Waals surface area (Å²) in [5.41, 5.74) is 0. The molecule has 0 radical (unpaired) electrons. The Morgan fingerprint density at radius 2 is 1.23 bits per heavy atom. The zero-order valence-electron chi connectivity index (χ0n) is 36.7. The summed E-state index contributed by atoms with van der Waals surface area (Å²) in [4.78, 5) is 23.1. The van der Waals surface area contributed by atoms with Crippen LogP contribution in [-0.4, -0.2) is 84.6 Å². The van der Waals surface area contributed by atoms with E-state index >= 15 is 0 Å². The third kappa shape index (κ3) is 40.2. The normalized spacial score (nSPS) is 15.7. The maximum Gasteiger partial charge on any atom is 0.472 e. The minimum atomic E-state index is -4.37. The average molecular weight is 820 g/mol. The third-order valence-electron chi connectivity index (χ3n) is 9.21. The van der Waals surface area contributed by atoms with Gasteiger partial charge >= 0.3 is 7.82 Å². The molecule has 328 valence electrons. The number of phosphoric ester groups is 1. The number of phosphoric acid groups is 1. The van der Waals surface area contributed by atoms with Crippen molar-refractivity contribution in [2.75, 3.05) is 40.9 Å². The Hall–Kier alpha value is -2.36. The van der Waals surface area contributed by atoms with Crippen LogP contribution in [0.25, 0.3) is 0 Å². The molecule has 0 rings (SSSR count). The molecule has 0 aromatic rings. The largest absolute Gasteiger partial charge is 0.472 e. The van der Waals surface area contributed by atoms with E-state index in [0.717, 1.165) is 44.9 Å². The molecule has 1 amide bonds. The molecule has 4 N–H and O–H groups in total. The molecule has 9 nitrogen and oxygen atoms in total. The highest BCUT2D eigenvalue weighted by molar-refractivity contribution is 7.47. The van der Waals surface area contributed by atoms with Crippen molar-refractivity contribution < 1.29 is 38.0 Å². The fraction of sp³-hybridized carbons (Fsp3) is 0.681. The first-order valence-corrected chi connectivity index (χ1v) is 23.6. The van der Waals surface area contributed by atoms with Gasteiger partial charge in [-0.2, -0.15) is 0 Å². The van der Waals surface area contributed by atoms with Gasteiger partial charge in [0, 0.05) is 6.42 Å². The molecule has 10 heteroatoms. The van der Waals surface area contributed by atoms with Gasteiger partial charge in [-0.05, 0) is 51.4 Å². The van der Waals surface area contributed by atoms with Crippen molar-refractivity contribution in [3.8, 4) is 0 Å². The van der Waals surface area contributed by atoms with Crippen LogP contribution < -0.4 is 5.32 Å². The first kappa shape index (κ1) is 54.6. The van der Waals surface area contributed by atoms with Gasteiger partial charge in [0.05, 0.1) is 46.0 Å². The van der Waals surface area contributed by atoms with Crippen LogP contribution in [0.4, 0.5) is 0 Å². The van der Waals surface area contributed by atoms with E-state index < -0.39 is 26.1 Å². The first-order chi connectivity index (χ1) is 27.4. The summed E-state index contributed by atoms with van der Waals surface area (Å²) in [7, 11) is 1.49. The van der Waals surface area contributed by atoms with Gasteiger partial charge in [-0.15, -0.1) is 0 Å². The molecule has 0 fully saturated rings. The van der Waals surface area contributed by atoms with Gasteiger partial charge in [0.2, 0.25) is 5.91 Å². The predicted octanol–water partition coefficient (Wildman–Crippen LogP) is 11.2. The van der Waals surface area contributed by atoms with Gasteiger partial charge in [0.15, 0.2) is 0 Å². The van der Waals surface area contributed by atoms with E-state index in [0.29, 0.717) is 23.9 Å². The Kier molecular flexibility index (Phi) is 36.3. The molecule has 0 heterocycles. The zero-order valence-corrected chi connectivity index (χ0v) is 37.5. The van der Waals surface area contributed by atoms with Crippen LogP contribution in [0.2, 0.25) is 0 Å².